The number of aromatic nitrogens is 2. The van der Waals surface area contributed by atoms with Gasteiger partial charge in [-0.1, -0.05) is 11.6 Å². The van der Waals surface area contributed by atoms with Crippen LogP contribution in [0.1, 0.15) is 5.56 Å². The van der Waals surface area contributed by atoms with Crippen LogP contribution < -0.4 is 0 Å². The Morgan fingerprint density at radius 1 is 1.58 bits per heavy atom. The number of hydrogen-bond donors (Lipinski definition) is 1. The van der Waals surface area contributed by atoms with Crippen LogP contribution in [0, 0.1) is 0 Å². The highest BCUT2D eigenvalue weighted by Gasteiger charge is 2.02. The normalized spacial score (nSPS) is 10.8. The second-order valence-electron chi connectivity index (χ2n) is 2.50. The van der Waals surface area contributed by atoms with Gasteiger partial charge in [0.15, 0.2) is 0 Å². The zero-order valence-electron chi connectivity index (χ0n) is 6.24. The van der Waals surface area contributed by atoms with Gasteiger partial charge >= 0.3 is 0 Å². The van der Waals surface area contributed by atoms with Crippen molar-refractivity contribution < 1.29 is 5.11 Å². The van der Waals surface area contributed by atoms with E-state index in [4.69, 9.17) is 16.7 Å². The van der Waals surface area contributed by atoms with Crippen molar-refractivity contribution in [1.29, 1.82) is 0 Å². The lowest BCUT2D eigenvalue weighted by Crippen LogP contribution is -1.91. The molecule has 12 heavy (non-hydrogen) atoms. The van der Waals surface area contributed by atoms with Crippen LogP contribution in [-0.4, -0.2) is 14.5 Å². The summed E-state index contributed by atoms with van der Waals surface area (Å²) in [6.07, 6.45) is 5.22. The van der Waals surface area contributed by atoms with Gasteiger partial charge in [-0.15, -0.1) is 0 Å². The Morgan fingerprint density at radius 2 is 2.42 bits per heavy atom. The van der Waals surface area contributed by atoms with Crippen molar-refractivity contribution in [3.63, 3.8) is 0 Å². The smallest absolute Gasteiger partial charge is 0.142 e. The largest absolute Gasteiger partial charge is 0.392 e. The van der Waals surface area contributed by atoms with Gasteiger partial charge in [-0.05, 0) is 6.07 Å². The summed E-state index contributed by atoms with van der Waals surface area (Å²) < 4.78 is 1.79. The predicted octanol–water partition coefficient (Wildman–Crippen LogP) is 1.48. The standard InChI is InChI=1S/C8H7ClN2O/c9-7-3-6(5-12)8-10-1-2-11(8)4-7/h1-4,12H,5H2. The molecular weight excluding hydrogens is 176 g/mol. The molecular formula is C8H7ClN2O. The van der Waals surface area contributed by atoms with Crippen LogP contribution >= 0.6 is 11.6 Å². The minimum Gasteiger partial charge on any atom is -0.392 e. The molecule has 4 heteroatoms. The Hall–Kier alpha value is -1.06. The lowest BCUT2D eigenvalue weighted by Gasteiger charge is -2.00. The molecule has 0 aromatic carbocycles. The van der Waals surface area contributed by atoms with E-state index < -0.39 is 0 Å². The van der Waals surface area contributed by atoms with E-state index in [1.165, 1.54) is 0 Å². The first-order valence-corrected chi connectivity index (χ1v) is 3.91. The van der Waals surface area contributed by atoms with Crippen molar-refractivity contribution >= 4 is 17.2 Å². The summed E-state index contributed by atoms with van der Waals surface area (Å²) >= 11 is 5.80. The molecule has 1 N–H and O–H groups in total. The molecule has 62 valence electrons. The van der Waals surface area contributed by atoms with Crippen LogP contribution in [-0.2, 0) is 6.61 Å². The molecule has 3 nitrogen and oxygen atoms in total. The van der Waals surface area contributed by atoms with Crippen molar-refractivity contribution in [2.75, 3.05) is 0 Å². The molecule has 0 radical (unpaired) electrons. The van der Waals surface area contributed by atoms with Crippen LogP contribution in [0.3, 0.4) is 0 Å². The second kappa shape index (κ2) is 2.77. The molecule has 0 saturated carbocycles. The minimum absolute atomic E-state index is 0.0406. The molecule has 0 aliphatic heterocycles. The van der Waals surface area contributed by atoms with Gasteiger partial charge in [-0.3, -0.25) is 0 Å². The van der Waals surface area contributed by atoms with Gasteiger partial charge in [0.25, 0.3) is 0 Å². The maximum Gasteiger partial charge on any atom is 0.142 e. The summed E-state index contributed by atoms with van der Waals surface area (Å²) in [5.41, 5.74) is 1.49. The first kappa shape index (κ1) is 7.58. The Kier molecular flexibility index (Phi) is 1.75. The first-order chi connectivity index (χ1) is 5.81. The van der Waals surface area contributed by atoms with E-state index in [-0.39, 0.29) is 6.61 Å². The van der Waals surface area contributed by atoms with E-state index in [0.29, 0.717) is 5.02 Å². The maximum absolute atomic E-state index is 8.97. The van der Waals surface area contributed by atoms with E-state index in [1.807, 2.05) is 0 Å². The van der Waals surface area contributed by atoms with Crippen molar-refractivity contribution in [2.24, 2.45) is 0 Å². The SMILES string of the molecule is OCc1cc(Cl)cn2ccnc12. The summed E-state index contributed by atoms with van der Waals surface area (Å²) in [5.74, 6) is 0. The number of rotatable bonds is 1. The Balaban J connectivity index is 2.80. The number of nitrogens with zero attached hydrogens (tertiary/aromatic N) is 2. The Labute approximate surface area is 74.2 Å². The molecule has 2 heterocycles. The van der Waals surface area contributed by atoms with Gasteiger partial charge in [-0.2, -0.15) is 0 Å². The van der Waals surface area contributed by atoms with Crippen LogP contribution in [0.4, 0.5) is 0 Å². The van der Waals surface area contributed by atoms with Crippen molar-refractivity contribution in [1.82, 2.24) is 9.38 Å². The number of pyridine rings is 1. The highest BCUT2D eigenvalue weighted by atomic mass is 35.5. The summed E-state index contributed by atoms with van der Waals surface area (Å²) in [7, 11) is 0. The molecule has 0 fully saturated rings. The number of fused-ring (bicyclic) bond motifs is 1. The van der Waals surface area contributed by atoms with Gasteiger partial charge in [-0.25, -0.2) is 4.98 Å². The van der Waals surface area contributed by atoms with Crippen molar-refractivity contribution in [3.05, 3.63) is 35.2 Å². The lowest BCUT2D eigenvalue weighted by atomic mass is 10.3. The minimum atomic E-state index is -0.0406. The highest BCUT2D eigenvalue weighted by Crippen LogP contribution is 2.15. The molecule has 0 unspecified atom stereocenters. The monoisotopic (exact) mass is 182 g/mol. The van der Waals surface area contributed by atoms with Gasteiger partial charge in [0.2, 0.25) is 0 Å². The van der Waals surface area contributed by atoms with Crippen LogP contribution in [0.2, 0.25) is 5.02 Å². The fraction of sp³-hybridized carbons (Fsp3) is 0.125. The summed E-state index contributed by atoms with van der Waals surface area (Å²) in [6.45, 7) is -0.0406. The number of halogens is 1. The average molecular weight is 183 g/mol. The molecule has 2 aromatic heterocycles. The number of imidazole rings is 1. The number of aliphatic hydroxyl groups excluding tert-OH is 1. The molecule has 0 aliphatic carbocycles. The zero-order chi connectivity index (χ0) is 8.55. The van der Waals surface area contributed by atoms with E-state index in [1.54, 1.807) is 29.1 Å². The summed E-state index contributed by atoms with van der Waals surface area (Å²) in [6, 6.07) is 1.71. The molecule has 0 bridgehead atoms. The molecule has 2 rings (SSSR count). The fourth-order valence-corrected chi connectivity index (χ4v) is 1.42. The zero-order valence-corrected chi connectivity index (χ0v) is 6.99. The van der Waals surface area contributed by atoms with Crippen molar-refractivity contribution in [2.45, 2.75) is 6.61 Å². The highest BCUT2D eigenvalue weighted by molar-refractivity contribution is 6.30. The second-order valence-corrected chi connectivity index (χ2v) is 2.94. The van der Waals surface area contributed by atoms with E-state index >= 15 is 0 Å². The van der Waals surface area contributed by atoms with E-state index in [2.05, 4.69) is 4.98 Å². The first-order valence-electron chi connectivity index (χ1n) is 3.53. The van der Waals surface area contributed by atoms with Gasteiger partial charge in [0.05, 0.1) is 11.6 Å². The van der Waals surface area contributed by atoms with Crippen LogP contribution in [0.25, 0.3) is 5.65 Å². The molecule has 2 aromatic rings. The van der Waals surface area contributed by atoms with E-state index in [9.17, 15) is 0 Å². The number of aliphatic hydroxyl groups is 1. The van der Waals surface area contributed by atoms with Gasteiger partial charge in [0.1, 0.15) is 5.65 Å². The van der Waals surface area contributed by atoms with Gasteiger partial charge in [0, 0.05) is 24.2 Å². The third-order valence-corrected chi connectivity index (χ3v) is 1.91. The maximum atomic E-state index is 8.97. The molecule has 0 amide bonds. The van der Waals surface area contributed by atoms with Gasteiger partial charge < -0.3 is 9.51 Å². The Bertz CT molecular complexity index is 410. The lowest BCUT2D eigenvalue weighted by molar-refractivity contribution is 0.282. The summed E-state index contributed by atoms with van der Waals surface area (Å²) in [5, 5.41) is 9.57. The topological polar surface area (TPSA) is 37.5 Å². The third kappa shape index (κ3) is 1.07. The van der Waals surface area contributed by atoms with Crippen LogP contribution in [0.5, 0.6) is 0 Å². The fourth-order valence-electron chi connectivity index (χ4n) is 1.18. The van der Waals surface area contributed by atoms with E-state index in [0.717, 1.165) is 11.2 Å². The molecule has 0 spiro atoms. The quantitative estimate of drug-likeness (QED) is 0.726. The van der Waals surface area contributed by atoms with Crippen LogP contribution in [0.15, 0.2) is 24.7 Å². The molecule has 0 aliphatic rings. The summed E-state index contributed by atoms with van der Waals surface area (Å²) in [4.78, 5) is 4.07. The molecule has 0 saturated heterocycles. The Morgan fingerprint density at radius 3 is 3.17 bits per heavy atom. The predicted molar refractivity (Wildman–Crippen MR) is 46.1 cm³/mol. The number of hydrogen-bond acceptors (Lipinski definition) is 2. The third-order valence-electron chi connectivity index (χ3n) is 1.70. The van der Waals surface area contributed by atoms with Crippen molar-refractivity contribution in [3.8, 4) is 0 Å². The molecule has 0 atom stereocenters. The average Bonchev–Trinajstić information content (AvgIpc) is 2.50.